The smallest absolute Gasteiger partial charge is 0.304 e. The molecule has 37 heavy (non-hydrogen) atoms. The summed E-state index contributed by atoms with van der Waals surface area (Å²) >= 11 is 12.8. The van der Waals surface area contributed by atoms with Crippen molar-refractivity contribution in [3.8, 4) is 0 Å². The molecule has 2 aromatic rings. The third-order valence-electron chi connectivity index (χ3n) is 6.57. The Morgan fingerprint density at radius 1 is 0.973 bits per heavy atom. The summed E-state index contributed by atoms with van der Waals surface area (Å²) in [5, 5.41) is 3.77. The van der Waals surface area contributed by atoms with Gasteiger partial charge in [-0.15, -0.1) is 0 Å². The van der Waals surface area contributed by atoms with Gasteiger partial charge >= 0.3 is 10.2 Å². The molecular formula is C26H34Cl2N4O4S. The van der Waals surface area contributed by atoms with Crippen LogP contribution in [-0.2, 0) is 26.3 Å². The van der Waals surface area contributed by atoms with Crippen molar-refractivity contribution in [3.05, 3.63) is 64.1 Å². The quantitative estimate of drug-likeness (QED) is 0.457. The fourth-order valence-corrected chi connectivity index (χ4v) is 5.89. The van der Waals surface area contributed by atoms with E-state index in [-0.39, 0.29) is 18.5 Å². The second kappa shape index (κ2) is 13.0. The molecule has 0 aromatic heterocycles. The molecule has 2 amide bonds. The van der Waals surface area contributed by atoms with E-state index in [1.54, 1.807) is 55.5 Å². The minimum absolute atomic E-state index is 0.0543. The molecule has 1 N–H and O–H groups in total. The average Bonchev–Trinajstić information content (AvgIpc) is 2.87. The highest BCUT2D eigenvalue weighted by Crippen LogP contribution is 2.27. The number of rotatable bonds is 10. The van der Waals surface area contributed by atoms with Crippen LogP contribution >= 0.6 is 23.2 Å². The molecule has 0 aliphatic heterocycles. The summed E-state index contributed by atoms with van der Waals surface area (Å²) in [4.78, 5) is 28.4. The number of amides is 2. The number of hydrogen-bond donors (Lipinski definition) is 1. The molecule has 1 fully saturated rings. The fourth-order valence-electron chi connectivity index (χ4n) is 4.32. The van der Waals surface area contributed by atoms with Gasteiger partial charge in [0.2, 0.25) is 11.8 Å². The average molecular weight is 570 g/mol. The zero-order valence-corrected chi connectivity index (χ0v) is 23.7. The van der Waals surface area contributed by atoms with Crippen LogP contribution in [0.2, 0.25) is 10.0 Å². The lowest BCUT2D eigenvalue weighted by molar-refractivity contribution is -0.139. The van der Waals surface area contributed by atoms with E-state index in [0.717, 1.165) is 40.7 Å². The molecule has 1 aliphatic carbocycles. The first-order valence-electron chi connectivity index (χ1n) is 12.3. The highest BCUT2D eigenvalue weighted by Gasteiger charge is 2.33. The Hall–Kier alpha value is -2.33. The van der Waals surface area contributed by atoms with E-state index < -0.39 is 28.7 Å². The van der Waals surface area contributed by atoms with Crippen molar-refractivity contribution in [2.24, 2.45) is 0 Å². The van der Waals surface area contributed by atoms with Crippen molar-refractivity contribution in [2.45, 2.75) is 57.7 Å². The van der Waals surface area contributed by atoms with Crippen LogP contribution in [0.3, 0.4) is 0 Å². The van der Waals surface area contributed by atoms with E-state index >= 15 is 0 Å². The van der Waals surface area contributed by atoms with Crippen LogP contribution in [0.5, 0.6) is 0 Å². The van der Waals surface area contributed by atoms with Crippen molar-refractivity contribution in [1.29, 1.82) is 0 Å². The van der Waals surface area contributed by atoms with E-state index in [1.165, 1.54) is 19.0 Å². The van der Waals surface area contributed by atoms with Gasteiger partial charge in [0.1, 0.15) is 12.6 Å². The van der Waals surface area contributed by atoms with Crippen molar-refractivity contribution in [2.75, 3.05) is 24.9 Å². The monoisotopic (exact) mass is 568 g/mol. The molecule has 1 saturated carbocycles. The molecule has 3 rings (SSSR count). The Kier molecular flexibility index (Phi) is 10.2. The van der Waals surface area contributed by atoms with Gasteiger partial charge in [0, 0.05) is 42.3 Å². The number of hydrogen-bond acceptors (Lipinski definition) is 4. The Morgan fingerprint density at radius 3 is 2.14 bits per heavy atom. The van der Waals surface area contributed by atoms with Gasteiger partial charge in [-0.25, -0.2) is 4.31 Å². The molecule has 0 radical (unpaired) electrons. The summed E-state index contributed by atoms with van der Waals surface area (Å²) in [5.41, 5.74) is 0.817. The summed E-state index contributed by atoms with van der Waals surface area (Å²) in [7, 11) is -1.21. The van der Waals surface area contributed by atoms with Crippen molar-refractivity contribution in [1.82, 2.24) is 14.5 Å². The number of nitrogens with one attached hydrogen (secondary N) is 1. The second-order valence-corrected chi connectivity index (χ2v) is 12.3. The molecule has 1 aliphatic rings. The van der Waals surface area contributed by atoms with E-state index in [4.69, 9.17) is 23.2 Å². The van der Waals surface area contributed by atoms with Gasteiger partial charge in [0.05, 0.1) is 5.69 Å². The van der Waals surface area contributed by atoms with E-state index in [1.807, 2.05) is 0 Å². The molecule has 0 saturated heterocycles. The van der Waals surface area contributed by atoms with E-state index in [9.17, 15) is 18.0 Å². The summed E-state index contributed by atoms with van der Waals surface area (Å²) in [6, 6.07) is 12.6. The topological polar surface area (TPSA) is 90.0 Å². The first-order chi connectivity index (χ1) is 17.5. The van der Waals surface area contributed by atoms with E-state index in [2.05, 4.69) is 5.32 Å². The van der Waals surface area contributed by atoms with Crippen LogP contribution < -0.4 is 9.62 Å². The molecule has 0 unspecified atom stereocenters. The molecule has 0 bridgehead atoms. The maximum atomic E-state index is 13.8. The highest BCUT2D eigenvalue weighted by molar-refractivity contribution is 7.90. The minimum Gasteiger partial charge on any atom is -0.352 e. The van der Waals surface area contributed by atoms with Crippen LogP contribution in [0, 0.1) is 0 Å². The molecule has 11 heteroatoms. The van der Waals surface area contributed by atoms with Gasteiger partial charge < -0.3 is 10.2 Å². The predicted molar refractivity (Wildman–Crippen MR) is 148 cm³/mol. The Bertz CT molecular complexity index is 1170. The van der Waals surface area contributed by atoms with E-state index in [0.29, 0.717) is 21.3 Å². The maximum Gasteiger partial charge on any atom is 0.304 e. The van der Waals surface area contributed by atoms with Crippen molar-refractivity contribution < 1.29 is 18.0 Å². The number of nitrogens with zero attached hydrogens (tertiary/aromatic N) is 3. The first kappa shape index (κ1) is 29.2. The molecular weight excluding hydrogens is 535 g/mol. The van der Waals surface area contributed by atoms with Gasteiger partial charge in [-0.1, -0.05) is 66.7 Å². The van der Waals surface area contributed by atoms with Crippen molar-refractivity contribution in [3.63, 3.8) is 0 Å². The summed E-state index contributed by atoms with van der Waals surface area (Å²) in [5.74, 6) is -0.860. The predicted octanol–water partition coefficient (Wildman–Crippen LogP) is 4.47. The van der Waals surface area contributed by atoms with Crippen LogP contribution in [0.4, 0.5) is 5.69 Å². The maximum absolute atomic E-state index is 13.8. The Labute approximate surface area is 229 Å². The lowest BCUT2D eigenvalue weighted by Crippen LogP contribution is -2.53. The van der Waals surface area contributed by atoms with Crippen LogP contribution in [-0.4, -0.2) is 62.2 Å². The zero-order valence-electron chi connectivity index (χ0n) is 21.4. The third-order valence-corrected chi connectivity index (χ3v) is 9.10. The normalized spacial score (nSPS) is 15.3. The lowest BCUT2D eigenvalue weighted by Gasteiger charge is -2.34. The van der Waals surface area contributed by atoms with Gasteiger partial charge in [0.25, 0.3) is 0 Å². The van der Waals surface area contributed by atoms with Gasteiger partial charge in [-0.3, -0.25) is 9.59 Å². The summed E-state index contributed by atoms with van der Waals surface area (Å²) in [6.45, 7) is 1.07. The fraction of sp³-hybridized carbons (Fsp3) is 0.462. The van der Waals surface area contributed by atoms with Gasteiger partial charge in [-0.05, 0) is 44.0 Å². The number of halogens is 2. The van der Waals surface area contributed by atoms with Crippen LogP contribution in [0.1, 0.15) is 44.6 Å². The SMILES string of the molecule is C[C@H](C(=O)NC1CCCCC1)N(Cc1c(Cl)cccc1Cl)C(=O)CN(c1ccccc1)S(=O)(=O)N(C)C. The van der Waals surface area contributed by atoms with Crippen LogP contribution in [0.25, 0.3) is 0 Å². The Balaban J connectivity index is 1.94. The summed E-state index contributed by atoms with van der Waals surface area (Å²) < 4.78 is 28.4. The third kappa shape index (κ3) is 7.37. The number of para-hydroxylation sites is 1. The lowest BCUT2D eigenvalue weighted by atomic mass is 9.95. The molecule has 2 aromatic carbocycles. The summed E-state index contributed by atoms with van der Waals surface area (Å²) in [6.07, 6.45) is 5.03. The molecule has 1 atom stereocenters. The first-order valence-corrected chi connectivity index (χ1v) is 14.5. The molecule has 0 heterocycles. The molecule has 0 spiro atoms. The number of carbonyl (C=O) groups is 2. The molecule has 8 nitrogen and oxygen atoms in total. The number of carbonyl (C=O) groups excluding carboxylic acids is 2. The second-order valence-electron chi connectivity index (χ2n) is 9.37. The largest absolute Gasteiger partial charge is 0.352 e. The van der Waals surface area contributed by atoms with Crippen molar-refractivity contribution >= 4 is 50.9 Å². The van der Waals surface area contributed by atoms with Gasteiger partial charge in [0.15, 0.2) is 0 Å². The standard InChI is InChI=1S/C26H34Cl2N4O4S/c1-19(26(34)29-20-11-6-4-7-12-20)31(17-22-23(27)15-10-16-24(22)28)25(33)18-32(37(35,36)30(2)3)21-13-8-5-9-14-21/h5,8-10,13-16,19-20H,4,6-7,11-12,17-18H2,1-3H3,(H,29,34)/t19-/m1/s1. The Morgan fingerprint density at radius 2 is 1.57 bits per heavy atom. The zero-order chi connectivity index (χ0) is 27.2. The van der Waals surface area contributed by atoms with Gasteiger partial charge in [-0.2, -0.15) is 12.7 Å². The minimum atomic E-state index is -4.01. The van der Waals surface area contributed by atoms with Crippen LogP contribution in [0.15, 0.2) is 48.5 Å². The highest BCUT2D eigenvalue weighted by atomic mass is 35.5. The number of benzene rings is 2. The molecule has 202 valence electrons. The number of anilines is 1.